The third kappa shape index (κ3) is 6.64. The van der Waals surface area contributed by atoms with Gasteiger partial charge in [-0.25, -0.2) is 4.79 Å². The summed E-state index contributed by atoms with van der Waals surface area (Å²) in [5.74, 6) is 0.0654. The second-order valence-electron chi connectivity index (χ2n) is 7.23. The molecule has 2 atom stereocenters. The molecule has 0 aromatic carbocycles. The summed E-state index contributed by atoms with van der Waals surface area (Å²) in [5, 5.41) is 15.0. The van der Waals surface area contributed by atoms with Crippen LogP contribution in [0, 0.1) is 5.92 Å². The molecule has 1 fully saturated rings. The molecule has 6 nitrogen and oxygen atoms in total. The Hall–Kier alpha value is -1.30. The lowest BCUT2D eigenvalue weighted by atomic mass is 9.82. The number of carbonyl (C=O) groups is 2. The number of ether oxygens (including phenoxy) is 1. The minimum atomic E-state index is -0.967. The van der Waals surface area contributed by atoms with Crippen LogP contribution in [0.15, 0.2) is 0 Å². The van der Waals surface area contributed by atoms with Crippen LogP contribution in [0.4, 0.5) is 4.79 Å². The fraction of sp³-hybridized carbons (Fsp3) is 0.875. The molecule has 0 heterocycles. The first-order chi connectivity index (χ1) is 10.1. The molecule has 0 bridgehead atoms. The molecule has 0 unspecified atom stereocenters. The third-order valence-corrected chi connectivity index (χ3v) is 3.95. The van der Waals surface area contributed by atoms with Crippen LogP contribution in [0.1, 0.15) is 60.3 Å². The van der Waals surface area contributed by atoms with E-state index in [2.05, 4.69) is 10.6 Å². The summed E-state index contributed by atoms with van der Waals surface area (Å²) in [4.78, 5) is 23.2. The number of rotatable bonds is 4. The Morgan fingerprint density at radius 3 is 2.14 bits per heavy atom. The van der Waals surface area contributed by atoms with E-state index in [-0.39, 0.29) is 24.1 Å². The molecule has 1 rings (SSSR count). The van der Waals surface area contributed by atoms with Gasteiger partial charge >= 0.3 is 6.09 Å². The fourth-order valence-corrected chi connectivity index (χ4v) is 2.70. The number of hydrogen-bond donors (Lipinski definition) is 3. The summed E-state index contributed by atoms with van der Waals surface area (Å²) in [6, 6.07) is 0.162. The van der Waals surface area contributed by atoms with Crippen molar-refractivity contribution in [2.75, 3.05) is 0 Å². The average Bonchev–Trinajstić information content (AvgIpc) is 2.36. The molecule has 1 aliphatic carbocycles. The van der Waals surface area contributed by atoms with Crippen LogP contribution in [-0.4, -0.2) is 40.9 Å². The number of carbonyl (C=O) groups excluding carboxylic acids is 2. The van der Waals surface area contributed by atoms with E-state index >= 15 is 0 Å². The highest BCUT2D eigenvalue weighted by atomic mass is 16.6. The van der Waals surface area contributed by atoms with Crippen molar-refractivity contribution >= 4 is 12.0 Å². The van der Waals surface area contributed by atoms with Crippen molar-refractivity contribution in [2.45, 2.75) is 84.1 Å². The van der Waals surface area contributed by atoms with E-state index in [1.165, 1.54) is 6.92 Å². The normalized spacial score (nSPS) is 25.0. The molecule has 0 radical (unpaired) electrons. The Kier molecular flexibility index (Phi) is 6.66. The van der Waals surface area contributed by atoms with Crippen LogP contribution < -0.4 is 10.6 Å². The SMILES string of the molecule is C[C@@H](O)C(=O)NC1CCC([C@@H](C)NC(=O)OC(C)(C)C)CC1. The highest BCUT2D eigenvalue weighted by Crippen LogP contribution is 2.27. The molecule has 1 saturated carbocycles. The lowest BCUT2D eigenvalue weighted by molar-refractivity contribution is -0.129. The van der Waals surface area contributed by atoms with Crippen molar-refractivity contribution in [1.82, 2.24) is 10.6 Å². The van der Waals surface area contributed by atoms with E-state index in [1.54, 1.807) is 0 Å². The molecule has 0 spiro atoms. The van der Waals surface area contributed by atoms with E-state index in [9.17, 15) is 14.7 Å². The Bertz CT molecular complexity index is 382. The van der Waals surface area contributed by atoms with Gasteiger partial charge in [-0.2, -0.15) is 0 Å². The Morgan fingerprint density at radius 1 is 1.14 bits per heavy atom. The van der Waals surface area contributed by atoms with Crippen LogP contribution in [0.3, 0.4) is 0 Å². The number of aliphatic hydroxyl groups is 1. The molecule has 0 aliphatic heterocycles. The van der Waals surface area contributed by atoms with Gasteiger partial charge < -0.3 is 20.5 Å². The predicted molar refractivity (Wildman–Crippen MR) is 84.4 cm³/mol. The van der Waals surface area contributed by atoms with Gasteiger partial charge in [0.25, 0.3) is 0 Å². The van der Waals surface area contributed by atoms with E-state index in [4.69, 9.17) is 4.74 Å². The number of aliphatic hydroxyl groups excluding tert-OH is 1. The quantitative estimate of drug-likeness (QED) is 0.740. The van der Waals surface area contributed by atoms with Crippen LogP contribution in [0.5, 0.6) is 0 Å². The largest absolute Gasteiger partial charge is 0.444 e. The summed E-state index contributed by atoms with van der Waals surface area (Å²) in [6.07, 6.45) is 2.24. The van der Waals surface area contributed by atoms with Gasteiger partial charge in [-0.1, -0.05) is 0 Å². The standard InChI is InChI=1S/C16H30N2O4/c1-10(17-15(21)22-16(3,4)5)12-6-8-13(9-7-12)18-14(20)11(2)19/h10-13,19H,6-9H2,1-5H3,(H,17,21)(H,18,20)/t10-,11-,12?,13?/m1/s1. The van der Waals surface area contributed by atoms with Crippen LogP contribution in [-0.2, 0) is 9.53 Å². The molecule has 22 heavy (non-hydrogen) atoms. The summed E-state index contributed by atoms with van der Waals surface area (Å²) in [7, 11) is 0. The minimum Gasteiger partial charge on any atom is -0.444 e. The summed E-state index contributed by atoms with van der Waals surface area (Å²) < 4.78 is 5.26. The van der Waals surface area contributed by atoms with Gasteiger partial charge in [-0.3, -0.25) is 4.79 Å². The molecule has 0 saturated heterocycles. The van der Waals surface area contributed by atoms with Crippen LogP contribution >= 0.6 is 0 Å². The lowest BCUT2D eigenvalue weighted by Gasteiger charge is -2.33. The van der Waals surface area contributed by atoms with E-state index in [0.717, 1.165) is 25.7 Å². The van der Waals surface area contributed by atoms with E-state index in [0.29, 0.717) is 5.92 Å². The summed E-state index contributed by atoms with van der Waals surface area (Å²) >= 11 is 0. The first kappa shape index (κ1) is 18.7. The minimum absolute atomic E-state index is 0.0447. The van der Waals surface area contributed by atoms with Crippen molar-refractivity contribution in [1.29, 1.82) is 0 Å². The molecule has 3 N–H and O–H groups in total. The van der Waals surface area contributed by atoms with E-state index < -0.39 is 11.7 Å². The smallest absolute Gasteiger partial charge is 0.407 e. The number of amides is 2. The van der Waals surface area contributed by atoms with Gasteiger partial charge in [0.15, 0.2) is 0 Å². The third-order valence-electron chi connectivity index (χ3n) is 3.95. The van der Waals surface area contributed by atoms with Crippen LogP contribution in [0.25, 0.3) is 0 Å². The maximum Gasteiger partial charge on any atom is 0.407 e. The molecule has 2 amide bonds. The van der Waals surface area contributed by atoms with E-state index in [1.807, 2.05) is 27.7 Å². The van der Waals surface area contributed by atoms with Gasteiger partial charge in [-0.15, -0.1) is 0 Å². The molecular weight excluding hydrogens is 284 g/mol. The molecule has 0 aromatic rings. The van der Waals surface area contributed by atoms with Gasteiger partial charge in [0.2, 0.25) is 5.91 Å². The summed E-state index contributed by atoms with van der Waals surface area (Å²) in [5.41, 5.74) is -0.493. The first-order valence-corrected chi connectivity index (χ1v) is 8.06. The molecular formula is C16H30N2O4. The Morgan fingerprint density at radius 2 is 1.68 bits per heavy atom. The van der Waals surface area contributed by atoms with Crippen molar-refractivity contribution in [2.24, 2.45) is 5.92 Å². The molecule has 128 valence electrons. The monoisotopic (exact) mass is 314 g/mol. The highest BCUT2D eigenvalue weighted by Gasteiger charge is 2.28. The highest BCUT2D eigenvalue weighted by molar-refractivity contribution is 5.80. The van der Waals surface area contributed by atoms with Gasteiger partial charge in [0.05, 0.1) is 0 Å². The molecule has 0 aromatic heterocycles. The maximum atomic E-state index is 11.8. The fourth-order valence-electron chi connectivity index (χ4n) is 2.70. The second-order valence-corrected chi connectivity index (χ2v) is 7.23. The second kappa shape index (κ2) is 7.81. The zero-order valence-electron chi connectivity index (χ0n) is 14.3. The van der Waals surface area contributed by atoms with Crippen LogP contribution in [0.2, 0.25) is 0 Å². The van der Waals surface area contributed by atoms with Gasteiger partial charge in [-0.05, 0) is 66.2 Å². The Labute approximate surface area is 133 Å². The number of alkyl carbamates (subject to hydrolysis) is 1. The molecule has 1 aliphatic rings. The van der Waals surface area contributed by atoms with Crippen molar-refractivity contribution < 1.29 is 19.4 Å². The number of hydrogen-bond acceptors (Lipinski definition) is 4. The average molecular weight is 314 g/mol. The van der Waals surface area contributed by atoms with Crippen molar-refractivity contribution in [3.63, 3.8) is 0 Å². The maximum absolute atomic E-state index is 11.8. The number of nitrogens with one attached hydrogen (secondary N) is 2. The summed E-state index contributed by atoms with van der Waals surface area (Å²) in [6.45, 7) is 8.98. The van der Waals surface area contributed by atoms with Crippen molar-refractivity contribution in [3.05, 3.63) is 0 Å². The lowest BCUT2D eigenvalue weighted by Crippen LogP contribution is -2.46. The zero-order chi connectivity index (χ0) is 16.9. The van der Waals surface area contributed by atoms with Gasteiger partial charge in [0.1, 0.15) is 11.7 Å². The Balaban J connectivity index is 2.35. The van der Waals surface area contributed by atoms with Crippen molar-refractivity contribution in [3.8, 4) is 0 Å². The zero-order valence-corrected chi connectivity index (χ0v) is 14.3. The topological polar surface area (TPSA) is 87.7 Å². The molecule has 6 heteroatoms. The first-order valence-electron chi connectivity index (χ1n) is 8.06. The predicted octanol–water partition coefficient (Wildman–Crippen LogP) is 1.96. The van der Waals surface area contributed by atoms with Gasteiger partial charge in [0, 0.05) is 12.1 Å².